The smallest absolute Gasteiger partial charge is 0.262 e. The molecule has 4 aromatic carbocycles. The number of fused-ring (bicyclic) bond motifs is 4. The highest BCUT2D eigenvalue weighted by molar-refractivity contribution is 6.09. The number of hydrogen-bond acceptors (Lipinski definition) is 2. The molecule has 1 amide bonds. The van der Waals surface area contributed by atoms with Gasteiger partial charge >= 0.3 is 0 Å². The van der Waals surface area contributed by atoms with E-state index in [1.807, 2.05) is 78.9 Å². The third kappa shape index (κ3) is 3.05. The highest BCUT2D eigenvalue weighted by atomic mass is 16.5. The zero-order chi connectivity index (χ0) is 18.9. The minimum atomic E-state index is -0.188. The second-order valence-corrected chi connectivity index (χ2v) is 6.78. The molecule has 0 fully saturated rings. The topological polar surface area (TPSA) is 54.1 Å². The molecule has 5 aromatic rings. The molecular weight excluding hydrogens is 348 g/mol. The molecule has 0 saturated heterocycles. The largest absolute Gasteiger partial charge is 0.484 e. The molecule has 0 aliphatic carbocycles. The minimum Gasteiger partial charge on any atom is -0.484 e. The number of hydrogen-bond donors (Lipinski definition) is 2. The molecule has 2 N–H and O–H groups in total. The first-order valence-electron chi connectivity index (χ1n) is 9.18. The third-order valence-corrected chi connectivity index (χ3v) is 4.88. The van der Waals surface area contributed by atoms with Crippen LogP contribution in [0.15, 0.2) is 84.9 Å². The summed E-state index contributed by atoms with van der Waals surface area (Å²) >= 11 is 0. The monoisotopic (exact) mass is 366 g/mol. The van der Waals surface area contributed by atoms with Gasteiger partial charge < -0.3 is 15.0 Å². The number of para-hydroxylation sites is 1. The Labute approximate surface area is 161 Å². The molecule has 0 radical (unpaired) electrons. The number of amides is 1. The number of ether oxygens (including phenoxy) is 1. The number of carbonyl (C=O) groups excluding carboxylic acids is 1. The Bertz CT molecular complexity index is 1320. The van der Waals surface area contributed by atoms with Gasteiger partial charge in [-0.2, -0.15) is 0 Å². The van der Waals surface area contributed by atoms with Gasteiger partial charge in [0.15, 0.2) is 6.61 Å². The van der Waals surface area contributed by atoms with E-state index in [-0.39, 0.29) is 12.5 Å². The molecule has 4 nitrogen and oxygen atoms in total. The van der Waals surface area contributed by atoms with Gasteiger partial charge in [0, 0.05) is 27.5 Å². The van der Waals surface area contributed by atoms with Crippen molar-refractivity contribution in [2.45, 2.75) is 0 Å². The molecule has 4 heteroatoms. The van der Waals surface area contributed by atoms with Crippen molar-refractivity contribution in [3.05, 3.63) is 84.9 Å². The minimum absolute atomic E-state index is 0.0374. The summed E-state index contributed by atoms with van der Waals surface area (Å²) in [6.07, 6.45) is 0. The quantitative estimate of drug-likeness (QED) is 0.442. The summed E-state index contributed by atoms with van der Waals surface area (Å²) < 4.78 is 5.67. The van der Waals surface area contributed by atoms with Gasteiger partial charge in [0.2, 0.25) is 0 Å². The number of carbonyl (C=O) groups is 1. The van der Waals surface area contributed by atoms with Crippen LogP contribution in [0.5, 0.6) is 5.75 Å². The summed E-state index contributed by atoms with van der Waals surface area (Å²) in [6.45, 7) is -0.0374. The van der Waals surface area contributed by atoms with Crippen LogP contribution in [-0.2, 0) is 4.79 Å². The van der Waals surface area contributed by atoms with Crippen molar-refractivity contribution in [1.82, 2.24) is 4.98 Å². The average Bonchev–Trinajstić information content (AvgIpc) is 3.10. The van der Waals surface area contributed by atoms with Crippen LogP contribution in [0.25, 0.3) is 32.6 Å². The van der Waals surface area contributed by atoms with Crippen LogP contribution in [0, 0.1) is 0 Å². The Morgan fingerprint density at radius 3 is 2.50 bits per heavy atom. The predicted octanol–water partition coefficient (Wildman–Crippen LogP) is 5.49. The fourth-order valence-electron chi connectivity index (χ4n) is 3.53. The van der Waals surface area contributed by atoms with Crippen molar-refractivity contribution in [3.63, 3.8) is 0 Å². The molecular formula is C24H18N2O2. The molecule has 5 rings (SSSR count). The van der Waals surface area contributed by atoms with Crippen LogP contribution < -0.4 is 10.1 Å². The first-order valence-corrected chi connectivity index (χ1v) is 9.18. The fourth-order valence-corrected chi connectivity index (χ4v) is 3.53. The molecule has 0 aliphatic heterocycles. The van der Waals surface area contributed by atoms with Gasteiger partial charge in [0.25, 0.3) is 5.91 Å². The summed E-state index contributed by atoms with van der Waals surface area (Å²) in [4.78, 5) is 15.7. The highest BCUT2D eigenvalue weighted by Gasteiger charge is 2.08. The fraction of sp³-hybridized carbons (Fsp3) is 0.0417. The number of aromatic amines is 1. The summed E-state index contributed by atoms with van der Waals surface area (Å²) in [5.74, 6) is 0.494. The van der Waals surface area contributed by atoms with Gasteiger partial charge in [-0.05, 0) is 47.2 Å². The molecule has 0 atom stereocenters. The zero-order valence-corrected chi connectivity index (χ0v) is 15.1. The van der Waals surface area contributed by atoms with Crippen molar-refractivity contribution in [2.24, 2.45) is 0 Å². The number of anilines is 1. The highest BCUT2D eigenvalue weighted by Crippen LogP contribution is 2.27. The molecule has 0 unspecified atom stereocenters. The van der Waals surface area contributed by atoms with Gasteiger partial charge in [0.1, 0.15) is 5.75 Å². The van der Waals surface area contributed by atoms with Crippen molar-refractivity contribution < 1.29 is 9.53 Å². The van der Waals surface area contributed by atoms with E-state index < -0.39 is 0 Å². The van der Waals surface area contributed by atoms with Crippen molar-refractivity contribution in [2.75, 3.05) is 11.9 Å². The Kier molecular flexibility index (Phi) is 3.95. The van der Waals surface area contributed by atoms with Gasteiger partial charge in [-0.15, -0.1) is 0 Å². The maximum atomic E-state index is 12.3. The number of rotatable bonds is 4. The van der Waals surface area contributed by atoms with E-state index in [0.717, 1.165) is 38.3 Å². The van der Waals surface area contributed by atoms with Crippen LogP contribution >= 0.6 is 0 Å². The van der Waals surface area contributed by atoms with E-state index in [0.29, 0.717) is 5.75 Å². The lowest BCUT2D eigenvalue weighted by atomic mass is 10.1. The van der Waals surface area contributed by atoms with Gasteiger partial charge in [-0.25, -0.2) is 0 Å². The van der Waals surface area contributed by atoms with Gasteiger partial charge in [0.05, 0.1) is 0 Å². The maximum Gasteiger partial charge on any atom is 0.262 e. The lowest BCUT2D eigenvalue weighted by molar-refractivity contribution is -0.118. The first kappa shape index (κ1) is 16.4. The second kappa shape index (κ2) is 6.74. The number of H-pyrrole nitrogens is 1. The Morgan fingerprint density at radius 1 is 0.786 bits per heavy atom. The third-order valence-electron chi connectivity index (χ3n) is 4.88. The van der Waals surface area contributed by atoms with Crippen LogP contribution in [-0.4, -0.2) is 17.5 Å². The predicted molar refractivity (Wildman–Crippen MR) is 114 cm³/mol. The molecule has 0 bridgehead atoms. The molecule has 0 saturated carbocycles. The maximum absolute atomic E-state index is 12.3. The van der Waals surface area contributed by atoms with E-state index in [1.165, 1.54) is 0 Å². The van der Waals surface area contributed by atoms with Crippen LogP contribution in [0.3, 0.4) is 0 Å². The summed E-state index contributed by atoms with van der Waals surface area (Å²) in [7, 11) is 0. The molecule has 136 valence electrons. The number of benzene rings is 4. The first-order chi connectivity index (χ1) is 13.8. The van der Waals surface area contributed by atoms with Crippen LogP contribution in [0.4, 0.5) is 5.69 Å². The standard InChI is InChI=1S/C24H18N2O2/c27-24(15-28-19-11-9-16-5-1-2-6-17(16)13-19)25-18-10-12-23-21(14-18)20-7-3-4-8-22(20)26-23/h1-14,26H,15H2,(H,25,27). The molecule has 1 aromatic heterocycles. The lowest BCUT2D eigenvalue weighted by Gasteiger charge is -2.08. The Hall–Kier alpha value is -3.79. The molecule has 1 heterocycles. The van der Waals surface area contributed by atoms with Crippen molar-refractivity contribution >= 4 is 44.2 Å². The van der Waals surface area contributed by atoms with Gasteiger partial charge in [-0.3, -0.25) is 4.79 Å². The van der Waals surface area contributed by atoms with Crippen LogP contribution in [0.1, 0.15) is 0 Å². The van der Waals surface area contributed by atoms with E-state index >= 15 is 0 Å². The summed E-state index contributed by atoms with van der Waals surface area (Å²) in [6, 6.07) is 27.9. The molecule has 0 spiro atoms. The van der Waals surface area contributed by atoms with E-state index in [4.69, 9.17) is 4.74 Å². The summed E-state index contributed by atoms with van der Waals surface area (Å²) in [5.41, 5.74) is 2.89. The van der Waals surface area contributed by atoms with E-state index in [9.17, 15) is 4.79 Å². The van der Waals surface area contributed by atoms with Crippen molar-refractivity contribution in [1.29, 1.82) is 0 Å². The second-order valence-electron chi connectivity index (χ2n) is 6.78. The Morgan fingerprint density at radius 2 is 1.57 bits per heavy atom. The summed E-state index contributed by atoms with van der Waals surface area (Å²) in [5, 5.41) is 7.38. The molecule has 28 heavy (non-hydrogen) atoms. The van der Waals surface area contributed by atoms with Crippen molar-refractivity contribution in [3.8, 4) is 5.75 Å². The lowest BCUT2D eigenvalue weighted by Crippen LogP contribution is -2.20. The Balaban J connectivity index is 1.31. The van der Waals surface area contributed by atoms with Crippen LogP contribution in [0.2, 0.25) is 0 Å². The number of aromatic nitrogens is 1. The zero-order valence-electron chi connectivity index (χ0n) is 15.1. The van der Waals surface area contributed by atoms with E-state index in [1.54, 1.807) is 0 Å². The van der Waals surface area contributed by atoms with E-state index in [2.05, 4.69) is 16.4 Å². The number of nitrogens with one attached hydrogen (secondary N) is 2. The SMILES string of the molecule is O=C(COc1ccc2ccccc2c1)Nc1ccc2[nH]c3ccccc3c2c1. The van der Waals surface area contributed by atoms with Gasteiger partial charge in [-0.1, -0.05) is 48.5 Å². The normalized spacial score (nSPS) is 11.1. The molecule has 0 aliphatic rings. The average molecular weight is 366 g/mol.